The molecule has 0 amide bonds. The van der Waals surface area contributed by atoms with Gasteiger partial charge in [-0.3, -0.25) is 9.13 Å². The van der Waals surface area contributed by atoms with Gasteiger partial charge < -0.3 is 39.6 Å². The smallest absolute Gasteiger partial charge is 0.327 e. The lowest BCUT2D eigenvalue weighted by molar-refractivity contribution is -0.297. The second kappa shape index (κ2) is 11.4. The minimum Gasteiger partial charge on any atom is -0.388 e. The van der Waals surface area contributed by atoms with Crippen molar-refractivity contribution >= 4 is 40.5 Å². The van der Waals surface area contributed by atoms with E-state index in [1.807, 2.05) is 0 Å². The first-order valence-corrected chi connectivity index (χ1v) is 14.0. The first-order valence-electron chi connectivity index (χ1n) is 11.3. The Bertz CT molecular complexity index is 1280. The lowest BCUT2D eigenvalue weighted by atomic mass is 10.00. The largest absolute Gasteiger partial charge is 0.388 e. The SMILES string of the molecule is C[C@@]1(OC(O)O)C[C@@H](CO[P@@](C)(=O)OCC[C@H](O)c2ccnc(Br)c2)O[C@@H]1n1cnc2c(N)ncnc21. The molecule has 3 aromatic heterocycles. The number of halogens is 1. The van der Waals surface area contributed by atoms with E-state index in [1.54, 1.807) is 29.8 Å². The zero-order valence-electron chi connectivity index (χ0n) is 20.0. The van der Waals surface area contributed by atoms with E-state index >= 15 is 0 Å². The fourth-order valence-electron chi connectivity index (χ4n) is 4.15. The first kappa shape index (κ1) is 28.0. The maximum Gasteiger partial charge on any atom is 0.327 e. The molecule has 14 nitrogen and oxygen atoms in total. The average molecular weight is 603 g/mol. The number of hydrogen-bond donors (Lipinski definition) is 4. The Morgan fingerprint density at radius 1 is 1.30 bits per heavy atom. The van der Waals surface area contributed by atoms with Gasteiger partial charge in [-0.05, 0) is 40.5 Å². The molecule has 5 N–H and O–H groups in total. The highest BCUT2D eigenvalue weighted by atomic mass is 79.9. The molecule has 16 heteroatoms. The van der Waals surface area contributed by atoms with Gasteiger partial charge in [0.25, 0.3) is 6.48 Å². The highest BCUT2D eigenvalue weighted by Crippen LogP contribution is 2.47. The zero-order chi connectivity index (χ0) is 26.8. The topological polar surface area (TPSA) is 197 Å². The molecule has 0 bridgehead atoms. The molecule has 37 heavy (non-hydrogen) atoms. The van der Waals surface area contributed by atoms with Gasteiger partial charge in [0, 0.05) is 25.7 Å². The summed E-state index contributed by atoms with van der Waals surface area (Å²) in [4.78, 5) is 16.4. The van der Waals surface area contributed by atoms with Crippen molar-refractivity contribution in [2.24, 2.45) is 0 Å². The number of aliphatic hydroxyl groups is 3. The van der Waals surface area contributed by atoms with Crippen LogP contribution in [0.15, 0.2) is 35.6 Å². The van der Waals surface area contributed by atoms with Gasteiger partial charge in [-0.25, -0.2) is 19.9 Å². The Kier molecular flexibility index (Phi) is 8.58. The molecule has 4 rings (SSSR count). The van der Waals surface area contributed by atoms with E-state index in [2.05, 4.69) is 35.9 Å². The van der Waals surface area contributed by atoms with Crippen LogP contribution in [0.3, 0.4) is 0 Å². The van der Waals surface area contributed by atoms with E-state index in [9.17, 15) is 19.9 Å². The molecule has 1 aliphatic rings. The van der Waals surface area contributed by atoms with Gasteiger partial charge in [-0.15, -0.1) is 0 Å². The second-order valence-electron chi connectivity index (χ2n) is 8.77. The van der Waals surface area contributed by atoms with Crippen molar-refractivity contribution in [1.29, 1.82) is 0 Å². The predicted octanol–water partition coefficient (Wildman–Crippen LogP) is 1.88. The molecular weight excluding hydrogens is 575 g/mol. The van der Waals surface area contributed by atoms with Crippen LogP contribution in [0.4, 0.5) is 5.82 Å². The number of nitrogen functional groups attached to an aromatic ring is 1. The molecule has 5 atom stereocenters. The third-order valence-corrected chi connectivity index (χ3v) is 7.54. The number of nitrogens with two attached hydrogens (primary N) is 1. The lowest BCUT2D eigenvalue weighted by Crippen LogP contribution is -2.39. The molecule has 1 saturated heterocycles. The number of aromatic nitrogens is 5. The fourth-order valence-corrected chi connectivity index (χ4v) is 5.48. The van der Waals surface area contributed by atoms with Crippen LogP contribution >= 0.6 is 23.5 Å². The van der Waals surface area contributed by atoms with E-state index in [-0.39, 0.29) is 31.9 Å². The van der Waals surface area contributed by atoms with Crippen molar-refractivity contribution in [2.75, 3.05) is 25.6 Å². The van der Waals surface area contributed by atoms with E-state index in [1.165, 1.54) is 19.3 Å². The number of ether oxygens (including phenoxy) is 2. The minimum atomic E-state index is -3.51. The summed E-state index contributed by atoms with van der Waals surface area (Å²) in [5.41, 5.74) is 6.00. The number of hydrogen-bond acceptors (Lipinski definition) is 13. The molecule has 0 unspecified atom stereocenters. The van der Waals surface area contributed by atoms with E-state index in [4.69, 9.17) is 24.3 Å². The number of aliphatic hydroxyl groups excluding tert-OH is 2. The number of nitrogens with zero attached hydrogens (tertiary/aromatic N) is 5. The van der Waals surface area contributed by atoms with Crippen LogP contribution < -0.4 is 5.73 Å². The average Bonchev–Trinajstić information content (AvgIpc) is 3.38. The van der Waals surface area contributed by atoms with Crippen molar-refractivity contribution < 1.29 is 38.4 Å². The summed E-state index contributed by atoms with van der Waals surface area (Å²) in [6.07, 6.45) is 2.26. The highest BCUT2D eigenvalue weighted by molar-refractivity contribution is 9.10. The molecule has 0 aliphatic carbocycles. The van der Waals surface area contributed by atoms with Gasteiger partial charge in [0.15, 0.2) is 17.7 Å². The summed E-state index contributed by atoms with van der Waals surface area (Å²) in [5.74, 6) is 0.178. The van der Waals surface area contributed by atoms with Crippen LogP contribution in [-0.2, 0) is 23.1 Å². The Labute approximate surface area is 220 Å². The number of pyridine rings is 1. The summed E-state index contributed by atoms with van der Waals surface area (Å²) in [5, 5.41) is 29.4. The maximum absolute atomic E-state index is 12.8. The second-order valence-corrected chi connectivity index (χ2v) is 11.6. The van der Waals surface area contributed by atoms with Crippen molar-refractivity contribution in [1.82, 2.24) is 24.5 Å². The number of imidazole rings is 1. The number of anilines is 1. The fraction of sp³-hybridized carbons (Fsp3) is 0.524. The Morgan fingerprint density at radius 3 is 2.81 bits per heavy atom. The van der Waals surface area contributed by atoms with Crippen molar-refractivity contribution in [3.8, 4) is 0 Å². The highest BCUT2D eigenvalue weighted by Gasteiger charge is 2.49. The standard InChI is InChI=1S/C21H28BrN6O8P/c1-21(36-20(30)31)8-13(35-19(21)28-11-27-16-17(23)25-10-26-18(16)28)9-34-37(2,32)33-6-4-14(29)12-3-5-24-15(22)7-12/h3,5,7,10-11,13-14,19-20,29-31H,4,6,8-9H2,1-2H3,(H2,23,25,26)/t13-,14-,19-,21+,37-/m0/s1. The third-order valence-electron chi connectivity index (χ3n) is 5.84. The molecule has 1 fully saturated rings. The quantitative estimate of drug-likeness (QED) is 0.141. The minimum absolute atomic E-state index is 0.0112. The zero-order valence-corrected chi connectivity index (χ0v) is 22.5. The van der Waals surface area contributed by atoms with Crippen LogP contribution in [0, 0.1) is 0 Å². The van der Waals surface area contributed by atoms with E-state index in [0.717, 1.165) is 0 Å². The number of rotatable bonds is 11. The third kappa shape index (κ3) is 6.69. The Morgan fingerprint density at radius 2 is 2.08 bits per heavy atom. The summed E-state index contributed by atoms with van der Waals surface area (Å²) in [6, 6.07) is 3.37. The van der Waals surface area contributed by atoms with Gasteiger partial charge in [-0.1, -0.05) is 0 Å². The molecule has 0 aromatic carbocycles. The lowest BCUT2D eigenvalue weighted by Gasteiger charge is -2.31. The normalized spacial score (nSPS) is 24.5. The Balaban J connectivity index is 1.38. The summed E-state index contributed by atoms with van der Waals surface area (Å²) in [6.45, 7) is 0.745. The van der Waals surface area contributed by atoms with Crippen LogP contribution in [0.5, 0.6) is 0 Å². The van der Waals surface area contributed by atoms with E-state index in [0.29, 0.717) is 21.3 Å². The van der Waals surface area contributed by atoms with Crippen molar-refractivity contribution in [3.63, 3.8) is 0 Å². The monoisotopic (exact) mass is 602 g/mol. The molecule has 0 saturated carbocycles. The first-order chi connectivity index (χ1) is 17.5. The van der Waals surface area contributed by atoms with Crippen molar-refractivity contribution in [3.05, 3.63) is 41.2 Å². The molecular formula is C21H28BrN6O8P. The van der Waals surface area contributed by atoms with Gasteiger partial charge in [-0.2, -0.15) is 0 Å². The molecule has 202 valence electrons. The summed E-state index contributed by atoms with van der Waals surface area (Å²) >= 11 is 3.25. The van der Waals surface area contributed by atoms with Crippen LogP contribution in [0.1, 0.15) is 37.7 Å². The Hall–Kier alpha value is -2.07. The number of fused-ring (bicyclic) bond motifs is 1. The van der Waals surface area contributed by atoms with E-state index < -0.39 is 38.1 Å². The predicted molar refractivity (Wildman–Crippen MR) is 133 cm³/mol. The molecule has 0 spiro atoms. The summed E-state index contributed by atoms with van der Waals surface area (Å²) < 4.78 is 37.5. The van der Waals surface area contributed by atoms with Crippen LogP contribution in [0.2, 0.25) is 0 Å². The summed E-state index contributed by atoms with van der Waals surface area (Å²) in [7, 11) is -3.51. The molecule has 1 aliphatic heterocycles. The maximum atomic E-state index is 12.8. The molecule has 0 radical (unpaired) electrons. The molecule has 4 heterocycles. The van der Waals surface area contributed by atoms with Crippen LogP contribution in [0.25, 0.3) is 11.2 Å². The van der Waals surface area contributed by atoms with Gasteiger partial charge in [0.1, 0.15) is 22.0 Å². The van der Waals surface area contributed by atoms with Gasteiger partial charge in [0.05, 0.1) is 31.7 Å². The van der Waals surface area contributed by atoms with Crippen LogP contribution in [-0.4, -0.2) is 77.9 Å². The van der Waals surface area contributed by atoms with Gasteiger partial charge in [0.2, 0.25) is 0 Å². The van der Waals surface area contributed by atoms with Crippen molar-refractivity contribution in [2.45, 2.75) is 50.3 Å². The van der Waals surface area contributed by atoms with Gasteiger partial charge >= 0.3 is 7.60 Å². The molecule has 3 aromatic rings.